The summed E-state index contributed by atoms with van der Waals surface area (Å²) in [6.07, 6.45) is 5.47. The van der Waals surface area contributed by atoms with Crippen LogP contribution in [0.25, 0.3) is 0 Å². The van der Waals surface area contributed by atoms with Crippen LogP contribution in [0.5, 0.6) is 0 Å². The van der Waals surface area contributed by atoms with Gasteiger partial charge in [0.1, 0.15) is 0 Å². The predicted octanol–water partition coefficient (Wildman–Crippen LogP) is 2.71. The standard InChI is InChI=1S/C15H25N3OS/c1-3-18(10-13-5-4-8-19-13)15-17-11(2)14(20-15)9-16-12-6-7-12/h12-13,16H,3-10H2,1-2H3. The second-order valence-electron chi connectivity index (χ2n) is 5.83. The molecule has 0 bridgehead atoms. The van der Waals surface area contributed by atoms with Crippen LogP contribution in [0.15, 0.2) is 0 Å². The van der Waals surface area contributed by atoms with Gasteiger partial charge in [-0.15, -0.1) is 11.3 Å². The third-order valence-electron chi connectivity index (χ3n) is 4.11. The molecule has 3 rings (SSSR count). The Balaban J connectivity index is 1.62. The molecule has 1 saturated carbocycles. The minimum atomic E-state index is 0.396. The van der Waals surface area contributed by atoms with Gasteiger partial charge in [-0.2, -0.15) is 0 Å². The molecular formula is C15H25N3OS. The van der Waals surface area contributed by atoms with E-state index in [-0.39, 0.29) is 0 Å². The number of hydrogen-bond acceptors (Lipinski definition) is 5. The minimum Gasteiger partial charge on any atom is -0.376 e. The SMILES string of the molecule is CCN(CC1CCCO1)c1nc(C)c(CNC2CC2)s1. The van der Waals surface area contributed by atoms with E-state index in [2.05, 4.69) is 24.1 Å². The van der Waals surface area contributed by atoms with Crippen molar-refractivity contribution in [2.24, 2.45) is 0 Å². The summed E-state index contributed by atoms with van der Waals surface area (Å²) in [6, 6.07) is 0.758. The number of aromatic nitrogens is 1. The van der Waals surface area contributed by atoms with E-state index in [0.717, 1.165) is 37.4 Å². The van der Waals surface area contributed by atoms with Crippen molar-refractivity contribution in [2.75, 3.05) is 24.6 Å². The van der Waals surface area contributed by atoms with E-state index >= 15 is 0 Å². The maximum Gasteiger partial charge on any atom is 0.185 e. The molecule has 1 saturated heterocycles. The van der Waals surface area contributed by atoms with Crippen molar-refractivity contribution in [3.63, 3.8) is 0 Å². The number of nitrogens with zero attached hydrogens (tertiary/aromatic N) is 2. The average Bonchev–Trinajstić information content (AvgIpc) is 2.99. The Morgan fingerprint density at radius 2 is 2.25 bits per heavy atom. The van der Waals surface area contributed by atoms with Gasteiger partial charge in [0.05, 0.1) is 11.8 Å². The van der Waals surface area contributed by atoms with E-state index in [1.54, 1.807) is 0 Å². The molecule has 2 heterocycles. The Hall–Kier alpha value is -0.650. The molecule has 0 amide bonds. The summed E-state index contributed by atoms with van der Waals surface area (Å²) >= 11 is 1.84. The second-order valence-corrected chi connectivity index (χ2v) is 6.90. The summed E-state index contributed by atoms with van der Waals surface area (Å²) in [5.74, 6) is 0. The van der Waals surface area contributed by atoms with Gasteiger partial charge in [-0.3, -0.25) is 0 Å². The first kappa shape index (κ1) is 14.3. The largest absolute Gasteiger partial charge is 0.376 e. The molecule has 1 aliphatic heterocycles. The normalized spacial score (nSPS) is 22.4. The molecule has 0 radical (unpaired) electrons. The van der Waals surface area contributed by atoms with Crippen molar-refractivity contribution in [1.29, 1.82) is 0 Å². The number of anilines is 1. The molecule has 1 aromatic heterocycles. The van der Waals surface area contributed by atoms with Gasteiger partial charge in [0, 0.05) is 37.2 Å². The van der Waals surface area contributed by atoms with Crippen molar-refractivity contribution in [2.45, 2.75) is 58.2 Å². The molecule has 1 atom stereocenters. The molecule has 4 nitrogen and oxygen atoms in total. The van der Waals surface area contributed by atoms with E-state index in [9.17, 15) is 0 Å². The molecule has 1 aromatic rings. The summed E-state index contributed by atoms with van der Waals surface area (Å²) in [4.78, 5) is 8.53. The maximum absolute atomic E-state index is 5.75. The van der Waals surface area contributed by atoms with Crippen molar-refractivity contribution in [3.05, 3.63) is 10.6 Å². The van der Waals surface area contributed by atoms with Gasteiger partial charge in [0.15, 0.2) is 5.13 Å². The molecule has 20 heavy (non-hydrogen) atoms. The lowest BCUT2D eigenvalue weighted by Gasteiger charge is -2.23. The van der Waals surface area contributed by atoms with Crippen molar-refractivity contribution in [1.82, 2.24) is 10.3 Å². The zero-order valence-electron chi connectivity index (χ0n) is 12.5. The van der Waals surface area contributed by atoms with E-state index in [4.69, 9.17) is 9.72 Å². The quantitative estimate of drug-likeness (QED) is 0.839. The van der Waals surface area contributed by atoms with Crippen LogP contribution >= 0.6 is 11.3 Å². The van der Waals surface area contributed by atoms with Crippen LogP contribution < -0.4 is 10.2 Å². The summed E-state index contributed by atoms with van der Waals surface area (Å²) in [7, 11) is 0. The Labute approximate surface area is 125 Å². The number of hydrogen-bond donors (Lipinski definition) is 1. The van der Waals surface area contributed by atoms with E-state index in [1.165, 1.54) is 36.3 Å². The molecule has 2 fully saturated rings. The third kappa shape index (κ3) is 3.51. The van der Waals surface area contributed by atoms with Crippen LogP contribution in [0.1, 0.15) is 43.2 Å². The summed E-state index contributed by atoms with van der Waals surface area (Å²) in [5, 5.41) is 4.74. The molecule has 1 aliphatic carbocycles. The van der Waals surface area contributed by atoms with Crippen LogP contribution in [0.2, 0.25) is 0 Å². The molecule has 0 aromatic carbocycles. The smallest absolute Gasteiger partial charge is 0.185 e. The topological polar surface area (TPSA) is 37.4 Å². The molecule has 2 aliphatic rings. The highest BCUT2D eigenvalue weighted by molar-refractivity contribution is 7.15. The van der Waals surface area contributed by atoms with Crippen LogP contribution in [0.3, 0.4) is 0 Å². The number of likely N-dealkylation sites (N-methyl/N-ethyl adjacent to an activating group) is 1. The summed E-state index contributed by atoms with van der Waals surface area (Å²) < 4.78 is 5.75. The number of nitrogens with one attached hydrogen (secondary N) is 1. The summed E-state index contributed by atoms with van der Waals surface area (Å²) in [6.45, 7) is 8.22. The van der Waals surface area contributed by atoms with Gasteiger partial charge < -0.3 is 15.0 Å². The monoisotopic (exact) mass is 295 g/mol. The fourth-order valence-electron chi connectivity index (χ4n) is 2.61. The molecule has 0 spiro atoms. The Kier molecular flexibility index (Phi) is 4.58. The predicted molar refractivity (Wildman–Crippen MR) is 83.6 cm³/mol. The number of aryl methyl sites for hydroxylation is 1. The van der Waals surface area contributed by atoms with Crippen LogP contribution in [-0.4, -0.2) is 36.8 Å². The molecule has 1 unspecified atom stereocenters. The lowest BCUT2D eigenvalue weighted by molar-refractivity contribution is 0.115. The highest BCUT2D eigenvalue weighted by Crippen LogP contribution is 2.28. The third-order valence-corrected chi connectivity index (χ3v) is 5.33. The Morgan fingerprint density at radius 1 is 1.40 bits per heavy atom. The first-order valence-corrected chi connectivity index (χ1v) is 8.64. The van der Waals surface area contributed by atoms with Gasteiger partial charge in [0.25, 0.3) is 0 Å². The first-order chi connectivity index (χ1) is 9.76. The number of thiazole rings is 1. The van der Waals surface area contributed by atoms with E-state index in [1.807, 2.05) is 11.3 Å². The first-order valence-electron chi connectivity index (χ1n) is 7.82. The van der Waals surface area contributed by atoms with E-state index < -0.39 is 0 Å². The summed E-state index contributed by atoms with van der Waals surface area (Å²) in [5.41, 5.74) is 1.18. The zero-order valence-corrected chi connectivity index (χ0v) is 13.3. The fourth-order valence-corrected chi connectivity index (χ4v) is 3.70. The lowest BCUT2D eigenvalue weighted by Crippen LogP contribution is -2.31. The van der Waals surface area contributed by atoms with Crippen LogP contribution in [-0.2, 0) is 11.3 Å². The lowest BCUT2D eigenvalue weighted by atomic mass is 10.2. The van der Waals surface area contributed by atoms with Crippen molar-refractivity contribution < 1.29 is 4.74 Å². The highest BCUT2D eigenvalue weighted by Gasteiger charge is 2.23. The Morgan fingerprint density at radius 3 is 2.90 bits per heavy atom. The highest BCUT2D eigenvalue weighted by atomic mass is 32.1. The van der Waals surface area contributed by atoms with Gasteiger partial charge in [0.2, 0.25) is 0 Å². The molecule has 1 N–H and O–H groups in total. The maximum atomic E-state index is 5.75. The van der Waals surface area contributed by atoms with Crippen LogP contribution in [0.4, 0.5) is 5.13 Å². The molecule has 112 valence electrons. The minimum absolute atomic E-state index is 0.396. The van der Waals surface area contributed by atoms with Gasteiger partial charge in [-0.05, 0) is 39.5 Å². The fraction of sp³-hybridized carbons (Fsp3) is 0.800. The van der Waals surface area contributed by atoms with Crippen molar-refractivity contribution >= 4 is 16.5 Å². The van der Waals surface area contributed by atoms with Crippen LogP contribution in [0, 0.1) is 6.92 Å². The number of rotatable bonds is 7. The average molecular weight is 295 g/mol. The zero-order chi connectivity index (χ0) is 13.9. The molecular weight excluding hydrogens is 270 g/mol. The molecule has 5 heteroatoms. The van der Waals surface area contributed by atoms with Gasteiger partial charge in [-0.1, -0.05) is 0 Å². The van der Waals surface area contributed by atoms with Crippen molar-refractivity contribution in [3.8, 4) is 0 Å². The Bertz CT molecular complexity index is 438. The second kappa shape index (κ2) is 6.41. The van der Waals surface area contributed by atoms with E-state index in [0.29, 0.717) is 6.10 Å². The van der Waals surface area contributed by atoms with Gasteiger partial charge in [-0.25, -0.2) is 4.98 Å². The number of ether oxygens (including phenoxy) is 1. The van der Waals surface area contributed by atoms with Gasteiger partial charge >= 0.3 is 0 Å².